The molecule has 0 spiro atoms. The predicted octanol–water partition coefficient (Wildman–Crippen LogP) is 2.55. The van der Waals surface area contributed by atoms with Gasteiger partial charge in [-0.25, -0.2) is 4.98 Å². The number of nitrogens with two attached hydrogens (primary N) is 1. The molecule has 0 unspecified atom stereocenters. The second-order valence-electron chi connectivity index (χ2n) is 2.77. The zero-order chi connectivity index (χ0) is 9.80. The second-order valence-corrected chi connectivity index (χ2v) is 3.73. The standard InChI is InChI=1S/C10H10N2OS/c11-9-4-1-5-12-10(9)14-7-8-3-2-6-13-8/h1-6H,7,11H2. The molecular formula is C10H10N2OS. The highest BCUT2D eigenvalue weighted by atomic mass is 32.2. The Labute approximate surface area is 86.3 Å². The molecule has 4 heteroatoms. The van der Waals surface area contributed by atoms with E-state index in [9.17, 15) is 0 Å². The Hall–Kier alpha value is -1.42. The average Bonchev–Trinajstić information content (AvgIpc) is 2.69. The van der Waals surface area contributed by atoms with Crippen molar-refractivity contribution in [2.24, 2.45) is 0 Å². The zero-order valence-corrected chi connectivity index (χ0v) is 8.33. The van der Waals surface area contributed by atoms with Gasteiger partial charge in [-0.2, -0.15) is 0 Å². The summed E-state index contributed by atoms with van der Waals surface area (Å²) in [7, 11) is 0. The van der Waals surface area contributed by atoms with Crippen molar-refractivity contribution >= 4 is 17.4 Å². The molecule has 0 fully saturated rings. The number of aromatic nitrogens is 1. The summed E-state index contributed by atoms with van der Waals surface area (Å²) in [4.78, 5) is 4.17. The summed E-state index contributed by atoms with van der Waals surface area (Å²) in [5.74, 6) is 1.69. The fourth-order valence-corrected chi connectivity index (χ4v) is 1.87. The zero-order valence-electron chi connectivity index (χ0n) is 7.51. The maximum absolute atomic E-state index is 5.75. The molecule has 0 aliphatic heterocycles. The van der Waals surface area contributed by atoms with Crippen molar-refractivity contribution in [1.82, 2.24) is 4.98 Å². The van der Waals surface area contributed by atoms with Crippen LogP contribution < -0.4 is 5.73 Å². The molecule has 0 bridgehead atoms. The van der Waals surface area contributed by atoms with E-state index in [0.29, 0.717) is 5.69 Å². The highest BCUT2D eigenvalue weighted by molar-refractivity contribution is 7.98. The maximum Gasteiger partial charge on any atom is 0.119 e. The third-order valence-corrected chi connectivity index (χ3v) is 2.78. The fourth-order valence-electron chi connectivity index (χ4n) is 1.06. The molecule has 72 valence electrons. The highest BCUT2D eigenvalue weighted by Gasteiger charge is 2.02. The van der Waals surface area contributed by atoms with Gasteiger partial charge < -0.3 is 10.2 Å². The summed E-state index contributed by atoms with van der Waals surface area (Å²) >= 11 is 1.57. The quantitative estimate of drug-likeness (QED) is 0.784. The van der Waals surface area contributed by atoms with E-state index >= 15 is 0 Å². The number of thioether (sulfide) groups is 1. The molecule has 14 heavy (non-hydrogen) atoms. The van der Waals surface area contributed by atoms with Gasteiger partial charge in [0.05, 0.1) is 17.7 Å². The van der Waals surface area contributed by atoms with Crippen molar-refractivity contribution in [3.63, 3.8) is 0 Å². The monoisotopic (exact) mass is 206 g/mol. The van der Waals surface area contributed by atoms with Crippen molar-refractivity contribution in [2.45, 2.75) is 10.8 Å². The number of hydrogen-bond donors (Lipinski definition) is 1. The van der Waals surface area contributed by atoms with Crippen LogP contribution in [-0.2, 0) is 5.75 Å². The van der Waals surface area contributed by atoms with Crippen LogP contribution in [-0.4, -0.2) is 4.98 Å². The predicted molar refractivity (Wildman–Crippen MR) is 56.9 cm³/mol. The number of nitrogens with zero attached hydrogens (tertiary/aromatic N) is 1. The molecular weight excluding hydrogens is 196 g/mol. The van der Waals surface area contributed by atoms with Gasteiger partial charge in [0, 0.05) is 6.20 Å². The third kappa shape index (κ3) is 2.09. The van der Waals surface area contributed by atoms with Crippen LogP contribution in [0.5, 0.6) is 0 Å². The molecule has 3 nitrogen and oxygen atoms in total. The average molecular weight is 206 g/mol. The van der Waals surface area contributed by atoms with Crippen LogP contribution in [0, 0.1) is 0 Å². The van der Waals surface area contributed by atoms with Crippen LogP contribution in [0.2, 0.25) is 0 Å². The first-order valence-corrected chi connectivity index (χ1v) is 5.20. The lowest BCUT2D eigenvalue weighted by Gasteiger charge is -2.01. The van der Waals surface area contributed by atoms with Crippen LogP contribution in [0.4, 0.5) is 5.69 Å². The van der Waals surface area contributed by atoms with E-state index in [1.54, 1.807) is 24.2 Å². The van der Waals surface area contributed by atoms with E-state index in [1.165, 1.54) is 0 Å². The van der Waals surface area contributed by atoms with Gasteiger partial charge in [0.1, 0.15) is 10.8 Å². The smallest absolute Gasteiger partial charge is 0.119 e. The van der Waals surface area contributed by atoms with Gasteiger partial charge in [0.25, 0.3) is 0 Å². The Morgan fingerprint density at radius 1 is 1.36 bits per heavy atom. The molecule has 2 heterocycles. The van der Waals surface area contributed by atoms with E-state index in [1.807, 2.05) is 24.3 Å². The third-order valence-electron chi connectivity index (χ3n) is 1.73. The van der Waals surface area contributed by atoms with Gasteiger partial charge in [-0.05, 0) is 24.3 Å². The van der Waals surface area contributed by atoms with Gasteiger partial charge in [-0.3, -0.25) is 0 Å². The van der Waals surface area contributed by atoms with Crippen molar-refractivity contribution in [2.75, 3.05) is 5.73 Å². The summed E-state index contributed by atoms with van der Waals surface area (Å²) in [5, 5.41) is 0.851. The van der Waals surface area contributed by atoms with E-state index in [4.69, 9.17) is 10.2 Å². The molecule has 0 atom stereocenters. The van der Waals surface area contributed by atoms with E-state index < -0.39 is 0 Å². The molecule has 2 aromatic heterocycles. The molecule has 2 rings (SSSR count). The minimum Gasteiger partial charge on any atom is -0.468 e. The van der Waals surface area contributed by atoms with Crippen LogP contribution in [0.1, 0.15) is 5.76 Å². The lowest BCUT2D eigenvalue weighted by molar-refractivity contribution is 0.530. The van der Waals surface area contributed by atoms with Crippen molar-refractivity contribution in [1.29, 1.82) is 0 Å². The molecule has 0 saturated heterocycles. The molecule has 0 aromatic carbocycles. The van der Waals surface area contributed by atoms with Gasteiger partial charge >= 0.3 is 0 Å². The second kappa shape index (κ2) is 4.19. The molecule has 0 radical (unpaired) electrons. The Balaban J connectivity index is 2.02. The SMILES string of the molecule is Nc1cccnc1SCc1ccco1. The van der Waals surface area contributed by atoms with E-state index in [2.05, 4.69) is 4.98 Å². The summed E-state index contributed by atoms with van der Waals surface area (Å²) in [6.07, 6.45) is 3.40. The number of nitrogen functional groups attached to an aromatic ring is 1. The Morgan fingerprint density at radius 2 is 2.29 bits per heavy atom. The molecule has 0 saturated carbocycles. The normalized spacial score (nSPS) is 10.3. The Kier molecular flexibility index (Phi) is 2.74. The van der Waals surface area contributed by atoms with Crippen LogP contribution in [0.15, 0.2) is 46.2 Å². The first-order chi connectivity index (χ1) is 6.86. The summed E-state index contributed by atoms with van der Waals surface area (Å²) in [6.45, 7) is 0. The first kappa shape index (κ1) is 9.15. The number of furan rings is 1. The number of rotatable bonds is 3. The number of anilines is 1. The summed E-state index contributed by atoms with van der Waals surface area (Å²) in [6, 6.07) is 7.48. The largest absolute Gasteiger partial charge is 0.468 e. The lowest BCUT2D eigenvalue weighted by atomic mass is 10.4. The van der Waals surface area contributed by atoms with Gasteiger partial charge in [0.15, 0.2) is 0 Å². The van der Waals surface area contributed by atoms with Gasteiger partial charge in [-0.1, -0.05) is 11.8 Å². The molecule has 2 N–H and O–H groups in total. The minimum absolute atomic E-state index is 0.712. The van der Waals surface area contributed by atoms with Crippen LogP contribution >= 0.6 is 11.8 Å². The van der Waals surface area contributed by atoms with Crippen molar-refractivity contribution < 1.29 is 4.42 Å². The Morgan fingerprint density at radius 3 is 3.00 bits per heavy atom. The van der Waals surface area contributed by atoms with Gasteiger partial charge in [0.2, 0.25) is 0 Å². The van der Waals surface area contributed by atoms with E-state index in [-0.39, 0.29) is 0 Å². The molecule has 0 aliphatic carbocycles. The van der Waals surface area contributed by atoms with Crippen molar-refractivity contribution in [3.8, 4) is 0 Å². The van der Waals surface area contributed by atoms with Gasteiger partial charge in [-0.15, -0.1) is 0 Å². The van der Waals surface area contributed by atoms with Crippen molar-refractivity contribution in [3.05, 3.63) is 42.5 Å². The number of hydrogen-bond acceptors (Lipinski definition) is 4. The molecule has 0 aliphatic rings. The highest BCUT2D eigenvalue weighted by Crippen LogP contribution is 2.25. The topological polar surface area (TPSA) is 52.0 Å². The lowest BCUT2D eigenvalue weighted by Crippen LogP contribution is -1.90. The maximum atomic E-state index is 5.75. The Bertz CT molecular complexity index is 400. The first-order valence-electron chi connectivity index (χ1n) is 4.22. The van der Waals surface area contributed by atoms with Crippen LogP contribution in [0.25, 0.3) is 0 Å². The summed E-state index contributed by atoms with van der Waals surface area (Å²) in [5.41, 5.74) is 6.46. The summed E-state index contributed by atoms with van der Waals surface area (Å²) < 4.78 is 5.21. The molecule has 0 amide bonds. The van der Waals surface area contributed by atoms with E-state index in [0.717, 1.165) is 16.5 Å². The van der Waals surface area contributed by atoms with Crippen LogP contribution in [0.3, 0.4) is 0 Å². The number of pyridine rings is 1. The molecule has 2 aromatic rings. The minimum atomic E-state index is 0.712. The fraction of sp³-hybridized carbons (Fsp3) is 0.100.